The summed E-state index contributed by atoms with van der Waals surface area (Å²) < 4.78 is 0. The van der Waals surface area contributed by atoms with Gasteiger partial charge in [-0.05, 0) is 24.7 Å². The maximum Gasteiger partial charge on any atom is 0.0281 e. The van der Waals surface area contributed by atoms with Gasteiger partial charge in [-0.1, -0.05) is 38.3 Å². The number of nitrogens with one attached hydrogen (secondary N) is 1. The van der Waals surface area contributed by atoms with Crippen LogP contribution in [0.2, 0.25) is 0 Å². The summed E-state index contributed by atoms with van der Waals surface area (Å²) in [4.78, 5) is 0. The Kier molecular flexibility index (Phi) is 3.05. The lowest BCUT2D eigenvalue weighted by Crippen LogP contribution is -2.33. The van der Waals surface area contributed by atoms with Crippen molar-refractivity contribution < 1.29 is 0 Å². The lowest BCUT2D eigenvalue weighted by molar-refractivity contribution is 0.243. The molecule has 0 aromatic carbocycles. The second kappa shape index (κ2) is 4.28. The van der Waals surface area contributed by atoms with Crippen molar-refractivity contribution in [2.24, 2.45) is 11.8 Å². The van der Waals surface area contributed by atoms with Crippen molar-refractivity contribution in [2.75, 3.05) is 6.54 Å². The summed E-state index contributed by atoms with van der Waals surface area (Å²) in [5, 5.41) is 3.55. The Hall–Kier alpha value is -0.300. The van der Waals surface area contributed by atoms with Crippen molar-refractivity contribution >= 4 is 0 Å². The average Bonchev–Trinajstić information content (AvgIpc) is 2.71. The van der Waals surface area contributed by atoms with E-state index in [4.69, 9.17) is 0 Å². The van der Waals surface area contributed by atoms with Crippen molar-refractivity contribution in [3.05, 3.63) is 12.2 Å². The summed E-state index contributed by atoms with van der Waals surface area (Å²) in [6.07, 6.45) is 11.9. The van der Waals surface area contributed by atoms with Crippen LogP contribution in [-0.4, -0.2) is 12.6 Å². The van der Waals surface area contributed by atoms with Crippen LogP contribution in [0.4, 0.5) is 0 Å². The van der Waals surface area contributed by atoms with E-state index in [1.807, 2.05) is 0 Å². The molecule has 1 heterocycles. The summed E-state index contributed by atoms with van der Waals surface area (Å²) in [7, 11) is 0. The second-order valence-corrected chi connectivity index (χ2v) is 4.55. The number of rotatable bonds is 2. The SMILES string of the molecule is CCC1CCC(C2C=CCN2)CC1. The van der Waals surface area contributed by atoms with E-state index in [2.05, 4.69) is 24.4 Å². The summed E-state index contributed by atoms with van der Waals surface area (Å²) in [5.41, 5.74) is 0. The molecule has 0 saturated heterocycles. The molecular formula is C12H21N. The van der Waals surface area contributed by atoms with Crippen molar-refractivity contribution in [1.29, 1.82) is 0 Å². The molecule has 1 heteroatoms. The minimum absolute atomic E-state index is 0.706. The first-order valence-electron chi connectivity index (χ1n) is 5.80. The van der Waals surface area contributed by atoms with Gasteiger partial charge in [0, 0.05) is 12.6 Å². The van der Waals surface area contributed by atoms with Crippen molar-refractivity contribution in [2.45, 2.75) is 45.1 Å². The molecule has 13 heavy (non-hydrogen) atoms. The van der Waals surface area contributed by atoms with Gasteiger partial charge in [-0.25, -0.2) is 0 Å². The maximum atomic E-state index is 3.55. The molecule has 1 nitrogen and oxygen atoms in total. The summed E-state index contributed by atoms with van der Waals surface area (Å²) in [6, 6.07) is 0.706. The molecule has 0 spiro atoms. The molecule has 0 bridgehead atoms. The summed E-state index contributed by atoms with van der Waals surface area (Å²) >= 11 is 0. The summed E-state index contributed by atoms with van der Waals surface area (Å²) in [5.74, 6) is 1.96. The maximum absolute atomic E-state index is 3.55. The highest BCUT2D eigenvalue weighted by atomic mass is 14.9. The molecule has 1 fully saturated rings. The standard InChI is InChI=1S/C12H21N/c1-2-10-5-7-11(8-6-10)12-4-3-9-13-12/h3-4,10-13H,2,5-9H2,1H3. The quantitative estimate of drug-likeness (QED) is 0.643. The van der Waals surface area contributed by atoms with E-state index in [9.17, 15) is 0 Å². The van der Waals surface area contributed by atoms with Crippen LogP contribution in [0.5, 0.6) is 0 Å². The van der Waals surface area contributed by atoms with Crippen molar-refractivity contribution in [3.8, 4) is 0 Å². The Balaban J connectivity index is 1.80. The third kappa shape index (κ3) is 2.14. The minimum atomic E-state index is 0.706. The van der Waals surface area contributed by atoms with Crippen LogP contribution in [0.3, 0.4) is 0 Å². The van der Waals surface area contributed by atoms with Gasteiger partial charge in [-0.2, -0.15) is 0 Å². The van der Waals surface area contributed by atoms with E-state index in [1.54, 1.807) is 0 Å². The van der Waals surface area contributed by atoms with Gasteiger partial charge < -0.3 is 5.32 Å². The molecule has 0 radical (unpaired) electrons. The molecule has 1 unspecified atom stereocenters. The predicted molar refractivity (Wildman–Crippen MR) is 56.7 cm³/mol. The lowest BCUT2D eigenvalue weighted by Gasteiger charge is -2.31. The molecule has 1 N–H and O–H groups in total. The van der Waals surface area contributed by atoms with Gasteiger partial charge in [0.05, 0.1) is 0 Å². The van der Waals surface area contributed by atoms with Gasteiger partial charge in [-0.3, -0.25) is 0 Å². The van der Waals surface area contributed by atoms with Crippen molar-refractivity contribution in [1.82, 2.24) is 5.32 Å². The molecule has 1 saturated carbocycles. The van der Waals surface area contributed by atoms with Gasteiger partial charge in [0.2, 0.25) is 0 Å². The van der Waals surface area contributed by atoms with Gasteiger partial charge >= 0.3 is 0 Å². The largest absolute Gasteiger partial charge is 0.307 e. The highest BCUT2D eigenvalue weighted by molar-refractivity contribution is 5.05. The van der Waals surface area contributed by atoms with E-state index in [0.717, 1.165) is 18.4 Å². The Morgan fingerprint density at radius 1 is 1.23 bits per heavy atom. The van der Waals surface area contributed by atoms with Crippen molar-refractivity contribution in [3.63, 3.8) is 0 Å². The monoisotopic (exact) mass is 179 g/mol. The summed E-state index contributed by atoms with van der Waals surface area (Å²) in [6.45, 7) is 3.43. The zero-order valence-corrected chi connectivity index (χ0v) is 8.63. The Morgan fingerprint density at radius 3 is 2.54 bits per heavy atom. The van der Waals surface area contributed by atoms with Crippen LogP contribution in [0.1, 0.15) is 39.0 Å². The highest BCUT2D eigenvalue weighted by Gasteiger charge is 2.26. The third-order valence-electron chi connectivity index (χ3n) is 3.79. The Bertz CT molecular complexity index is 178. The first-order chi connectivity index (χ1) is 6.40. The van der Waals surface area contributed by atoms with E-state index >= 15 is 0 Å². The highest BCUT2D eigenvalue weighted by Crippen LogP contribution is 2.33. The third-order valence-corrected chi connectivity index (χ3v) is 3.79. The van der Waals surface area contributed by atoms with E-state index in [0.29, 0.717) is 6.04 Å². The fourth-order valence-electron chi connectivity index (χ4n) is 2.77. The van der Waals surface area contributed by atoms with Crippen LogP contribution in [0, 0.1) is 11.8 Å². The van der Waals surface area contributed by atoms with Gasteiger partial charge in [-0.15, -0.1) is 0 Å². The molecule has 1 atom stereocenters. The van der Waals surface area contributed by atoms with Crippen LogP contribution in [0.15, 0.2) is 12.2 Å². The van der Waals surface area contributed by atoms with Crippen LogP contribution in [-0.2, 0) is 0 Å². The molecule has 74 valence electrons. The fourth-order valence-corrected chi connectivity index (χ4v) is 2.77. The topological polar surface area (TPSA) is 12.0 Å². The first kappa shape index (κ1) is 9.26. The van der Waals surface area contributed by atoms with Gasteiger partial charge in [0.1, 0.15) is 0 Å². The first-order valence-corrected chi connectivity index (χ1v) is 5.80. The smallest absolute Gasteiger partial charge is 0.0281 e. The Labute approximate surface area is 81.6 Å². The second-order valence-electron chi connectivity index (χ2n) is 4.55. The van der Waals surface area contributed by atoms with Crippen LogP contribution >= 0.6 is 0 Å². The molecule has 2 aliphatic rings. The van der Waals surface area contributed by atoms with E-state index < -0.39 is 0 Å². The predicted octanol–water partition coefficient (Wildman–Crippen LogP) is 2.73. The van der Waals surface area contributed by atoms with E-state index in [-0.39, 0.29) is 0 Å². The van der Waals surface area contributed by atoms with E-state index in [1.165, 1.54) is 32.1 Å². The van der Waals surface area contributed by atoms with Gasteiger partial charge in [0.25, 0.3) is 0 Å². The minimum Gasteiger partial charge on any atom is -0.307 e. The molecule has 1 aliphatic heterocycles. The lowest BCUT2D eigenvalue weighted by atomic mass is 9.78. The number of hydrogen-bond acceptors (Lipinski definition) is 1. The molecule has 2 rings (SSSR count). The molecule has 0 amide bonds. The molecular weight excluding hydrogens is 158 g/mol. The normalized spacial score (nSPS) is 39.6. The molecule has 1 aliphatic carbocycles. The molecule has 0 aromatic heterocycles. The Morgan fingerprint density at radius 2 is 2.00 bits per heavy atom. The average molecular weight is 179 g/mol. The zero-order valence-electron chi connectivity index (χ0n) is 8.63. The van der Waals surface area contributed by atoms with Gasteiger partial charge in [0.15, 0.2) is 0 Å². The molecule has 0 aromatic rings. The van der Waals surface area contributed by atoms with Crippen LogP contribution in [0.25, 0.3) is 0 Å². The fraction of sp³-hybridized carbons (Fsp3) is 0.833. The van der Waals surface area contributed by atoms with Crippen LogP contribution < -0.4 is 5.32 Å². The zero-order chi connectivity index (χ0) is 9.10. The number of hydrogen-bond donors (Lipinski definition) is 1.